The number of hydrogen-bond donors (Lipinski definition) is 1. The van der Waals surface area contributed by atoms with E-state index in [1.54, 1.807) is 0 Å². The van der Waals surface area contributed by atoms with Gasteiger partial charge in [0, 0.05) is 12.6 Å². The summed E-state index contributed by atoms with van der Waals surface area (Å²) in [5.41, 5.74) is 0. The van der Waals surface area contributed by atoms with Gasteiger partial charge in [-0.15, -0.1) is 0 Å². The molecule has 0 rings (SSSR count). The lowest BCUT2D eigenvalue weighted by atomic mass is 10.4. The topological polar surface area (TPSA) is 60.4 Å². The maximum absolute atomic E-state index is 10.3. The Kier molecular flexibility index (Phi) is 3.71. The fraction of sp³-hybridized carbons (Fsp3) is 1.00. The molecule has 0 spiro atoms. The van der Waals surface area contributed by atoms with Crippen molar-refractivity contribution in [1.82, 2.24) is 0 Å². The van der Waals surface area contributed by atoms with Crippen LogP contribution >= 0.6 is 7.60 Å². The van der Waals surface area contributed by atoms with Crippen LogP contribution in [0.4, 0.5) is 0 Å². The standard InChI is InChI=1S/C6H16NO3P/c1-7(2,3)5-4-6-11(8,9)10/h4-6H2,1-3H3,(H-,8,9,10). The smallest absolute Gasteiger partial charge is 0.132 e. The van der Waals surface area contributed by atoms with Crippen molar-refractivity contribution in [2.24, 2.45) is 0 Å². The summed E-state index contributed by atoms with van der Waals surface area (Å²) < 4.78 is 11.0. The summed E-state index contributed by atoms with van der Waals surface area (Å²) in [7, 11) is 1.93. The number of nitrogens with zero attached hydrogens (tertiary/aromatic N) is 1. The molecule has 0 aromatic heterocycles. The predicted octanol–water partition coefficient (Wildman–Crippen LogP) is -0.372. The highest BCUT2D eigenvalue weighted by Crippen LogP contribution is 2.29. The average Bonchev–Trinajstić information content (AvgIpc) is 1.55. The SMILES string of the molecule is C[N+](C)(C)CCCP(=O)([O-])O. The minimum absolute atomic E-state index is 0.109. The molecule has 0 aliphatic heterocycles. The molecule has 5 heteroatoms. The highest BCUT2D eigenvalue weighted by Gasteiger charge is 2.08. The van der Waals surface area contributed by atoms with Gasteiger partial charge in [-0.05, 0) is 0 Å². The second-order valence-corrected chi connectivity index (χ2v) is 5.45. The monoisotopic (exact) mass is 181 g/mol. The highest BCUT2D eigenvalue weighted by atomic mass is 31.2. The van der Waals surface area contributed by atoms with Crippen LogP contribution in [0.1, 0.15) is 6.42 Å². The second-order valence-electron chi connectivity index (χ2n) is 3.73. The van der Waals surface area contributed by atoms with Gasteiger partial charge in [0.15, 0.2) is 0 Å². The quantitative estimate of drug-likeness (QED) is 0.475. The summed E-state index contributed by atoms with van der Waals surface area (Å²) in [5, 5.41) is 0. The highest BCUT2D eigenvalue weighted by molar-refractivity contribution is 7.50. The van der Waals surface area contributed by atoms with Gasteiger partial charge in [-0.25, -0.2) is 0 Å². The van der Waals surface area contributed by atoms with Gasteiger partial charge >= 0.3 is 0 Å². The molecule has 0 aliphatic carbocycles. The van der Waals surface area contributed by atoms with Gasteiger partial charge in [-0.3, -0.25) is 0 Å². The van der Waals surface area contributed by atoms with Crippen LogP contribution in [0.5, 0.6) is 0 Å². The van der Waals surface area contributed by atoms with E-state index in [9.17, 15) is 9.46 Å². The molecule has 1 atom stereocenters. The first-order chi connectivity index (χ1) is 4.71. The second kappa shape index (κ2) is 3.68. The number of rotatable bonds is 4. The molecule has 0 aliphatic rings. The molecule has 11 heavy (non-hydrogen) atoms. The predicted molar refractivity (Wildman–Crippen MR) is 42.2 cm³/mol. The van der Waals surface area contributed by atoms with E-state index in [0.717, 1.165) is 11.0 Å². The molecule has 4 nitrogen and oxygen atoms in total. The van der Waals surface area contributed by atoms with Gasteiger partial charge in [0.2, 0.25) is 0 Å². The van der Waals surface area contributed by atoms with E-state index in [0.29, 0.717) is 6.42 Å². The maximum Gasteiger partial charge on any atom is 0.132 e. The van der Waals surface area contributed by atoms with Gasteiger partial charge in [-0.2, -0.15) is 0 Å². The minimum Gasteiger partial charge on any atom is -0.779 e. The van der Waals surface area contributed by atoms with Crippen molar-refractivity contribution in [1.29, 1.82) is 0 Å². The van der Waals surface area contributed by atoms with Crippen molar-refractivity contribution in [3.8, 4) is 0 Å². The fourth-order valence-corrected chi connectivity index (χ4v) is 1.29. The summed E-state index contributed by atoms with van der Waals surface area (Å²) in [4.78, 5) is 18.7. The largest absolute Gasteiger partial charge is 0.779 e. The van der Waals surface area contributed by atoms with Crippen LogP contribution in [-0.4, -0.2) is 43.2 Å². The van der Waals surface area contributed by atoms with Gasteiger partial charge < -0.3 is 18.8 Å². The Morgan fingerprint density at radius 2 is 1.91 bits per heavy atom. The van der Waals surface area contributed by atoms with E-state index in [1.807, 2.05) is 21.1 Å². The molecule has 1 N–H and O–H groups in total. The van der Waals surface area contributed by atoms with Gasteiger partial charge in [0.1, 0.15) is 7.60 Å². The van der Waals surface area contributed by atoms with Crippen LogP contribution in [0.15, 0.2) is 0 Å². The Morgan fingerprint density at radius 3 is 2.18 bits per heavy atom. The lowest BCUT2D eigenvalue weighted by Gasteiger charge is -2.25. The van der Waals surface area contributed by atoms with E-state index in [4.69, 9.17) is 4.89 Å². The zero-order chi connectivity index (χ0) is 9.12. The summed E-state index contributed by atoms with van der Waals surface area (Å²) in [5.74, 6) is 0. The molecular weight excluding hydrogens is 165 g/mol. The number of quaternary nitrogens is 1. The zero-order valence-corrected chi connectivity index (χ0v) is 8.17. The summed E-state index contributed by atoms with van der Waals surface area (Å²) >= 11 is 0. The molecule has 0 aromatic rings. The molecule has 0 radical (unpaired) electrons. The molecule has 0 saturated carbocycles. The van der Waals surface area contributed by atoms with Crippen LogP contribution in [-0.2, 0) is 4.57 Å². The maximum atomic E-state index is 10.3. The molecule has 0 aromatic carbocycles. The Balaban J connectivity index is 3.52. The first-order valence-electron chi connectivity index (χ1n) is 3.54. The average molecular weight is 181 g/mol. The molecule has 0 bridgehead atoms. The number of hydrogen-bond acceptors (Lipinski definition) is 2. The van der Waals surface area contributed by atoms with Crippen LogP contribution in [0.25, 0.3) is 0 Å². The Bertz CT molecular complexity index is 158. The first kappa shape index (κ1) is 11.1. The Morgan fingerprint density at radius 1 is 1.45 bits per heavy atom. The van der Waals surface area contributed by atoms with Crippen LogP contribution in [0.2, 0.25) is 0 Å². The van der Waals surface area contributed by atoms with Crippen molar-refractivity contribution in [3.05, 3.63) is 0 Å². The van der Waals surface area contributed by atoms with Crippen molar-refractivity contribution in [3.63, 3.8) is 0 Å². The van der Waals surface area contributed by atoms with E-state index in [-0.39, 0.29) is 6.16 Å². The first-order valence-corrected chi connectivity index (χ1v) is 5.30. The molecule has 0 fully saturated rings. The summed E-state index contributed by atoms with van der Waals surface area (Å²) in [6.45, 7) is 0.757. The lowest BCUT2D eigenvalue weighted by molar-refractivity contribution is -0.870. The van der Waals surface area contributed by atoms with Crippen molar-refractivity contribution in [2.45, 2.75) is 6.42 Å². The molecular formula is C6H16NO3P. The zero-order valence-electron chi connectivity index (χ0n) is 7.28. The minimum atomic E-state index is -4.01. The normalized spacial score (nSPS) is 17.9. The van der Waals surface area contributed by atoms with E-state index < -0.39 is 7.60 Å². The van der Waals surface area contributed by atoms with Crippen LogP contribution in [0.3, 0.4) is 0 Å². The third-order valence-electron chi connectivity index (χ3n) is 1.27. The van der Waals surface area contributed by atoms with Gasteiger partial charge in [-0.1, -0.05) is 0 Å². The van der Waals surface area contributed by atoms with Crippen LogP contribution in [0, 0.1) is 0 Å². The van der Waals surface area contributed by atoms with Crippen molar-refractivity contribution >= 4 is 7.60 Å². The van der Waals surface area contributed by atoms with E-state index in [2.05, 4.69) is 0 Å². The summed E-state index contributed by atoms with van der Waals surface area (Å²) in [6.07, 6.45) is 0.406. The molecule has 0 amide bonds. The van der Waals surface area contributed by atoms with Crippen LogP contribution < -0.4 is 4.89 Å². The Labute approximate surface area is 67.6 Å². The van der Waals surface area contributed by atoms with Crippen molar-refractivity contribution in [2.75, 3.05) is 33.8 Å². The fourth-order valence-electron chi connectivity index (χ4n) is 0.745. The molecule has 1 unspecified atom stereocenters. The Hall–Kier alpha value is 0.110. The summed E-state index contributed by atoms with van der Waals surface area (Å²) in [6, 6.07) is 0. The molecule has 0 saturated heterocycles. The lowest BCUT2D eigenvalue weighted by Crippen LogP contribution is -2.35. The van der Waals surface area contributed by atoms with E-state index in [1.165, 1.54) is 0 Å². The molecule has 0 heterocycles. The van der Waals surface area contributed by atoms with Gasteiger partial charge in [0.25, 0.3) is 0 Å². The van der Waals surface area contributed by atoms with Crippen molar-refractivity contribution < 1.29 is 18.8 Å². The van der Waals surface area contributed by atoms with E-state index >= 15 is 0 Å². The van der Waals surface area contributed by atoms with Gasteiger partial charge in [0.05, 0.1) is 27.7 Å². The third-order valence-corrected chi connectivity index (χ3v) is 2.15. The third kappa shape index (κ3) is 10.1. The molecule has 68 valence electrons.